The minimum atomic E-state index is 0. The van der Waals surface area contributed by atoms with E-state index in [2.05, 4.69) is 5.32 Å². The van der Waals surface area contributed by atoms with Crippen molar-refractivity contribution in [1.29, 1.82) is 0 Å². The second-order valence-electron chi connectivity index (χ2n) is 2.39. The Bertz CT molecular complexity index is 53.6. The normalized spacial score (nSPS) is 9.27. The topological polar surface area (TPSA) is 64.1 Å². The molecule has 0 aliphatic carbocycles. The van der Waals surface area contributed by atoms with E-state index < -0.39 is 0 Å². The van der Waals surface area contributed by atoms with Crippen LogP contribution >= 0.6 is 0 Å². The number of unbranched alkanes of at least 4 members (excludes halogenated alkanes) is 1. The van der Waals surface area contributed by atoms with Gasteiger partial charge in [-0.15, -0.1) is 0 Å². The van der Waals surface area contributed by atoms with Gasteiger partial charge in [0.1, 0.15) is 0 Å². The molecule has 0 bridgehead atoms. The fourth-order valence-electron chi connectivity index (χ4n) is 0.746. The molecule has 0 saturated heterocycles. The monoisotopic (exact) mass is 340 g/mol. The fourth-order valence-corrected chi connectivity index (χ4v) is 0.746. The van der Waals surface area contributed by atoms with Crippen molar-refractivity contribution in [3.8, 4) is 0 Å². The van der Waals surface area contributed by atoms with Crippen molar-refractivity contribution in [2.75, 3.05) is 26.2 Å². The summed E-state index contributed by atoms with van der Waals surface area (Å²) >= 11 is 0. The molecule has 5 N–H and O–H groups in total. The summed E-state index contributed by atoms with van der Waals surface area (Å²) in [5.41, 5.74) is 10.6. The van der Waals surface area contributed by atoms with Gasteiger partial charge in [0.2, 0.25) is 0 Å². The predicted octanol–water partition coefficient (Wildman–Crippen LogP) is -0.339. The summed E-state index contributed by atoms with van der Waals surface area (Å²) in [7, 11) is 0. The van der Waals surface area contributed by atoms with E-state index in [1.54, 1.807) is 0 Å². The summed E-state index contributed by atoms with van der Waals surface area (Å²) in [5, 5.41) is 3.29. The largest absolute Gasteiger partial charge is 0.330 e. The molecule has 0 spiro atoms. The average molecular weight is 340 g/mol. The Morgan fingerprint density at radius 2 is 1.36 bits per heavy atom. The first kappa shape index (κ1) is 14.1. The minimum absolute atomic E-state index is 0. The van der Waals surface area contributed by atoms with E-state index in [0.29, 0.717) is 0 Å². The van der Waals surface area contributed by atoms with Crippen LogP contribution in [0, 0.1) is 0 Å². The van der Waals surface area contributed by atoms with Gasteiger partial charge in [0, 0.05) is 21.1 Å². The molecule has 0 rings (SSSR count). The van der Waals surface area contributed by atoms with Crippen LogP contribution in [0.25, 0.3) is 0 Å². The molecule has 0 aliphatic rings. The van der Waals surface area contributed by atoms with Gasteiger partial charge in [-0.2, -0.15) is 0 Å². The van der Waals surface area contributed by atoms with Crippen LogP contribution in [0.3, 0.4) is 0 Å². The van der Waals surface area contributed by atoms with E-state index >= 15 is 0 Å². The van der Waals surface area contributed by atoms with E-state index in [-0.39, 0.29) is 21.1 Å². The third-order valence-electron chi connectivity index (χ3n) is 1.37. The number of nitrogens with one attached hydrogen (secondary N) is 1. The van der Waals surface area contributed by atoms with Crippen molar-refractivity contribution >= 4 is 0 Å². The number of nitrogens with two attached hydrogens (primary N) is 2. The first-order valence-electron chi connectivity index (χ1n) is 4.02. The van der Waals surface area contributed by atoms with Crippen LogP contribution in [0.5, 0.6) is 0 Å². The molecule has 0 aromatic heterocycles. The minimum Gasteiger partial charge on any atom is -0.330 e. The Morgan fingerprint density at radius 1 is 0.818 bits per heavy atom. The van der Waals surface area contributed by atoms with Crippen LogP contribution in [-0.4, -0.2) is 26.2 Å². The standard InChI is InChI=1S/C7H19N3.Pt/c8-4-1-2-6-10-7-3-5-9;/h10H,1-9H2;. The van der Waals surface area contributed by atoms with Crippen molar-refractivity contribution in [1.82, 2.24) is 5.32 Å². The van der Waals surface area contributed by atoms with Crippen molar-refractivity contribution in [3.63, 3.8) is 0 Å². The second kappa shape index (κ2) is 13.2. The maximum Gasteiger partial charge on any atom is 0 e. The SMILES string of the molecule is NCCCCNCCCN.[Pt]. The Hall–Kier alpha value is 0.568. The van der Waals surface area contributed by atoms with Crippen LogP contribution in [0.4, 0.5) is 0 Å². The van der Waals surface area contributed by atoms with E-state index in [9.17, 15) is 0 Å². The quantitative estimate of drug-likeness (QED) is 0.556. The van der Waals surface area contributed by atoms with E-state index in [4.69, 9.17) is 11.5 Å². The van der Waals surface area contributed by atoms with Crippen molar-refractivity contribution in [2.24, 2.45) is 11.5 Å². The Kier molecular flexibility index (Phi) is 16.9. The molecule has 0 amide bonds. The second-order valence-corrected chi connectivity index (χ2v) is 2.39. The zero-order valence-electron chi connectivity index (χ0n) is 6.92. The maximum absolute atomic E-state index is 5.32. The van der Waals surface area contributed by atoms with E-state index in [1.165, 1.54) is 6.42 Å². The van der Waals surface area contributed by atoms with Gasteiger partial charge in [0.15, 0.2) is 0 Å². The molecule has 0 saturated carbocycles. The van der Waals surface area contributed by atoms with E-state index in [0.717, 1.165) is 39.0 Å². The van der Waals surface area contributed by atoms with Gasteiger partial charge < -0.3 is 16.8 Å². The molecule has 4 heteroatoms. The third-order valence-corrected chi connectivity index (χ3v) is 1.37. The van der Waals surface area contributed by atoms with Gasteiger partial charge in [0.25, 0.3) is 0 Å². The molecule has 0 radical (unpaired) electrons. The van der Waals surface area contributed by atoms with Crippen LogP contribution in [-0.2, 0) is 21.1 Å². The first-order valence-corrected chi connectivity index (χ1v) is 4.02. The predicted molar refractivity (Wildman–Crippen MR) is 44.8 cm³/mol. The Labute approximate surface area is 83.5 Å². The summed E-state index contributed by atoms with van der Waals surface area (Å²) in [5.74, 6) is 0. The van der Waals surface area contributed by atoms with Gasteiger partial charge >= 0.3 is 0 Å². The smallest absolute Gasteiger partial charge is 0 e. The van der Waals surface area contributed by atoms with Gasteiger partial charge in [-0.1, -0.05) is 0 Å². The fraction of sp³-hybridized carbons (Fsp3) is 1.00. The summed E-state index contributed by atoms with van der Waals surface area (Å²) in [6, 6.07) is 0. The van der Waals surface area contributed by atoms with Gasteiger partial charge in [-0.3, -0.25) is 0 Å². The summed E-state index contributed by atoms with van der Waals surface area (Å²) < 4.78 is 0. The molecule has 0 heterocycles. The molecule has 0 fully saturated rings. The Balaban J connectivity index is 0. The van der Waals surface area contributed by atoms with E-state index in [1.807, 2.05) is 0 Å². The zero-order valence-corrected chi connectivity index (χ0v) is 9.19. The summed E-state index contributed by atoms with van der Waals surface area (Å²) in [6.45, 7) is 3.71. The van der Waals surface area contributed by atoms with Gasteiger partial charge in [0.05, 0.1) is 0 Å². The third kappa shape index (κ3) is 13.5. The van der Waals surface area contributed by atoms with Crippen LogP contribution in [0.2, 0.25) is 0 Å². The summed E-state index contributed by atoms with van der Waals surface area (Å²) in [6.07, 6.45) is 3.37. The van der Waals surface area contributed by atoms with Crippen molar-refractivity contribution in [3.05, 3.63) is 0 Å². The molecular formula is C7H19N3Pt. The molecule has 11 heavy (non-hydrogen) atoms. The van der Waals surface area contributed by atoms with Crippen molar-refractivity contribution < 1.29 is 21.1 Å². The van der Waals surface area contributed by atoms with Crippen molar-refractivity contribution in [2.45, 2.75) is 19.3 Å². The number of hydrogen-bond donors (Lipinski definition) is 3. The molecule has 72 valence electrons. The first-order chi connectivity index (χ1) is 4.91. The molecule has 0 aromatic rings. The molecule has 0 atom stereocenters. The van der Waals surface area contributed by atoms with Crippen LogP contribution in [0.15, 0.2) is 0 Å². The Morgan fingerprint density at radius 3 is 1.91 bits per heavy atom. The zero-order chi connectivity index (χ0) is 7.66. The van der Waals surface area contributed by atoms with Crippen LogP contribution < -0.4 is 16.8 Å². The molecular weight excluding hydrogens is 321 g/mol. The molecule has 0 unspecified atom stereocenters. The summed E-state index contributed by atoms with van der Waals surface area (Å²) in [4.78, 5) is 0. The van der Waals surface area contributed by atoms with Crippen LogP contribution in [0.1, 0.15) is 19.3 Å². The van der Waals surface area contributed by atoms with Gasteiger partial charge in [-0.05, 0) is 45.4 Å². The molecule has 0 aromatic carbocycles. The number of rotatable bonds is 7. The number of hydrogen-bond acceptors (Lipinski definition) is 3. The maximum atomic E-state index is 5.32. The molecule has 3 nitrogen and oxygen atoms in total. The average Bonchev–Trinajstić information content (AvgIpc) is 1.97. The molecule has 0 aliphatic heterocycles. The van der Waals surface area contributed by atoms with Gasteiger partial charge in [-0.25, -0.2) is 0 Å².